The molecule has 3 heteroatoms. The van der Waals surface area contributed by atoms with Crippen LogP contribution in [0.15, 0.2) is 0 Å². The topological polar surface area (TPSA) is 24.5 Å². The smallest absolute Gasteiger partial charge is 0.0565 e. The minimum atomic E-state index is 0.445. The Balaban J connectivity index is 1.75. The van der Waals surface area contributed by atoms with Gasteiger partial charge in [-0.1, -0.05) is 0 Å². The predicted molar refractivity (Wildman–Crippen MR) is 75.9 cm³/mol. The van der Waals surface area contributed by atoms with Crippen LogP contribution in [0.2, 0.25) is 0 Å². The number of piperidine rings is 1. The van der Waals surface area contributed by atoms with Crippen LogP contribution in [0, 0.1) is 5.92 Å². The molecule has 0 bridgehead atoms. The Morgan fingerprint density at radius 2 is 1.72 bits per heavy atom. The van der Waals surface area contributed by atoms with Gasteiger partial charge in [-0.15, -0.1) is 0 Å². The average Bonchev–Trinajstić information content (AvgIpc) is 2.36. The van der Waals surface area contributed by atoms with Gasteiger partial charge < -0.3 is 15.0 Å². The number of hydrogen-bond acceptors (Lipinski definition) is 3. The summed E-state index contributed by atoms with van der Waals surface area (Å²) >= 11 is 0. The second-order valence-electron chi connectivity index (χ2n) is 6.25. The summed E-state index contributed by atoms with van der Waals surface area (Å²) in [6.07, 6.45) is 7.48. The summed E-state index contributed by atoms with van der Waals surface area (Å²) in [7, 11) is 2.06. The Kier molecular flexibility index (Phi) is 5.46. The van der Waals surface area contributed by atoms with Crippen LogP contribution >= 0.6 is 0 Å². The van der Waals surface area contributed by atoms with Gasteiger partial charge in [0.15, 0.2) is 0 Å². The summed E-state index contributed by atoms with van der Waals surface area (Å²) in [6.45, 7) is 8.23. The van der Waals surface area contributed by atoms with E-state index in [1.54, 1.807) is 0 Å². The molecule has 2 saturated heterocycles. The van der Waals surface area contributed by atoms with Crippen LogP contribution in [0.1, 0.15) is 46.0 Å². The van der Waals surface area contributed by atoms with Crippen LogP contribution in [0.4, 0.5) is 0 Å². The quantitative estimate of drug-likeness (QED) is 0.833. The summed E-state index contributed by atoms with van der Waals surface area (Å²) in [5, 5.41) is 3.27. The van der Waals surface area contributed by atoms with Crippen molar-refractivity contribution in [2.45, 2.75) is 64.2 Å². The summed E-state index contributed by atoms with van der Waals surface area (Å²) in [4.78, 5) is 2.73. The van der Waals surface area contributed by atoms with E-state index in [0.29, 0.717) is 12.2 Å². The van der Waals surface area contributed by atoms with E-state index in [9.17, 15) is 0 Å². The maximum absolute atomic E-state index is 5.85. The highest BCUT2D eigenvalue weighted by Gasteiger charge is 2.31. The number of rotatable bonds is 4. The van der Waals surface area contributed by atoms with Crippen molar-refractivity contribution in [2.24, 2.45) is 5.92 Å². The van der Waals surface area contributed by atoms with Crippen LogP contribution in [-0.4, -0.2) is 49.8 Å². The molecule has 0 aromatic carbocycles. The Morgan fingerprint density at radius 1 is 1.11 bits per heavy atom. The molecule has 18 heavy (non-hydrogen) atoms. The van der Waals surface area contributed by atoms with E-state index in [4.69, 9.17) is 4.74 Å². The van der Waals surface area contributed by atoms with Gasteiger partial charge in [-0.3, -0.25) is 0 Å². The third-order valence-corrected chi connectivity index (χ3v) is 4.64. The van der Waals surface area contributed by atoms with Crippen molar-refractivity contribution < 1.29 is 4.74 Å². The van der Waals surface area contributed by atoms with Crippen LogP contribution in [-0.2, 0) is 4.74 Å². The zero-order valence-electron chi connectivity index (χ0n) is 12.3. The molecule has 0 aromatic heterocycles. The first-order valence-electron chi connectivity index (χ1n) is 7.73. The summed E-state index contributed by atoms with van der Waals surface area (Å²) < 4.78 is 5.85. The number of nitrogens with zero attached hydrogens (tertiary/aromatic N) is 1. The van der Waals surface area contributed by atoms with E-state index in [-0.39, 0.29) is 0 Å². The third-order valence-electron chi connectivity index (χ3n) is 4.64. The highest BCUT2D eigenvalue weighted by Crippen LogP contribution is 2.28. The van der Waals surface area contributed by atoms with Gasteiger partial charge in [-0.2, -0.15) is 0 Å². The van der Waals surface area contributed by atoms with E-state index in [0.717, 1.165) is 12.0 Å². The molecular weight excluding hydrogens is 224 g/mol. The summed E-state index contributed by atoms with van der Waals surface area (Å²) in [6, 6.07) is 0.772. The number of likely N-dealkylation sites (tertiary alicyclic amines) is 1. The van der Waals surface area contributed by atoms with Crippen molar-refractivity contribution in [3.63, 3.8) is 0 Å². The highest BCUT2D eigenvalue weighted by atomic mass is 16.5. The number of hydrogen-bond donors (Lipinski definition) is 1. The third kappa shape index (κ3) is 3.94. The fourth-order valence-corrected chi connectivity index (χ4v) is 3.62. The van der Waals surface area contributed by atoms with Gasteiger partial charge in [0.25, 0.3) is 0 Å². The lowest BCUT2D eigenvalue weighted by molar-refractivity contribution is -0.0696. The van der Waals surface area contributed by atoms with Gasteiger partial charge in [0.1, 0.15) is 0 Å². The molecule has 0 saturated carbocycles. The largest absolute Gasteiger partial charge is 0.375 e. The van der Waals surface area contributed by atoms with Gasteiger partial charge in [0.2, 0.25) is 0 Å². The fraction of sp³-hybridized carbons (Fsp3) is 1.00. The Morgan fingerprint density at radius 3 is 2.28 bits per heavy atom. The Bertz CT molecular complexity index is 229. The normalized spacial score (nSPS) is 35.8. The first kappa shape index (κ1) is 14.3. The zero-order valence-corrected chi connectivity index (χ0v) is 12.3. The van der Waals surface area contributed by atoms with Crippen LogP contribution < -0.4 is 5.32 Å². The minimum absolute atomic E-state index is 0.445. The maximum Gasteiger partial charge on any atom is 0.0565 e. The van der Waals surface area contributed by atoms with Crippen LogP contribution in [0.25, 0.3) is 0 Å². The van der Waals surface area contributed by atoms with Gasteiger partial charge in [0, 0.05) is 6.04 Å². The molecule has 2 rings (SSSR count). The molecule has 2 unspecified atom stereocenters. The second-order valence-corrected chi connectivity index (χ2v) is 6.25. The molecule has 0 aliphatic carbocycles. The van der Waals surface area contributed by atoms with E-state index < -0.39 is 0 Å². The molecule has 2 fully saturated rings. The highest BCUT2D eigenvalue weighted by molar-refractivity contribution is 4.84. The predicted octanol–water partition coefficient (Wildman–Crippen LogP) is 2.26. The molecular formula is C15H30N2O. The molecule has 0 radical (unpaired) electrons. The molecule has 106 valence electrons. The second kappa shape index (κ2) is 6.88. The lowest BCUT2D eigenvalue weighted by Crippen LogP contribution is -2.47. The zero-order chi connectivity index (χ0) is 13.0. The molecule has 2 aliphatic rings. The number of nitrogens with one attached hydrogen (secondary N) is 1. The minimum Gasteiger partial charge on any atom is -0.375 e. The van der Waals surface area contributed by atoms with E-state index >= 15 is 0 Å². The van der Waals surface area contributed by atoms with Gasteiger partial charge in [0.05, 0.1) is 12.2 Å². The van der Waals surface area contributed by atoms with E-state index in [1.807, 2.05) is 0 Å². The lowest BCUT2D eigenvalue weighted by atomic mass is 9.90. The van der Waals surface area contributed by atoms with E-state index in [1.165, 1.54) is 51.7 Å². The van der Waals surface area contributed by atoms with Crippen molar-refractivity contribution in [1.82, 2.24) is 10.2 Å². The molecule has 2 atom stereocenters. The molecule has 0 spiro atoms. The van der Waals surface area contributed by atoms with Crippen molar-refractivity contribution in [3.8, 4) is 0 Å². The van der Waals surface area contributed by atoms with Gasteiger partial charge in [-0.25, -0.2) is 0 Å². The van der Waals surface area contributed by atoms with E-state index in [2.05, 4.69) is 31.1 Å². The lowest BCUT2D eigenvalue weighted by Gasteiger charge is -2.42. The van der Waals surface area contributed by atoms with Crippen molar-refractivity contribution >= 4 is 0 Å². The Hall–Kier alpha value is -0.120. The molecule has 2 aliphatic heterocycles. The molecule has 1 N–H and O–H groups in total. The first-order valence-corrected chi connectivity index (χ1v) is 7.73. The molecule has 0 aromatic rings. The summed E-state index contributed by atoms with van der Waals surface area (Å²) in [5.41, 5.74) is 0. The SMILES string of the molecule is CNCCC1CCN(C2CC(C)OC(C)C2)CC1. The average molecular weight is 254 g/mol. The Labute approximate surface area is 112 Å². The number of ether oxygens (including phenoxy) is 1. The fourth-order valence-electron chi connectivity index (χ4n) is 3.62. The van der Waals surface area contributed by atoms with Crippen molar-refractivity contribution in [2.75, 3.05) is 26.7 Å². The maximum atomic E-state index is 5.85. The monoisotopic (exact) mass is 254 g/mol. The van der Waals surface area contributed by atoms with Crippen LogP contribution in [0.5, 0.6) is 0 Å². The molecule has 2 heterocycles. The van der Waals surface area contributed by atoms with Gasteiger partial charge in [-0.05, 0) is 78.6 Å². The van der Waals surface area contributed by atoms with Crippen molar-refractivity contribution in [1.29, 1.82) is 0 Å². The van der Waals surface area contributed by atoms with Crippen molar-refractivity contribution in [3.05, 3.63) is 0 Å². The van der Waals surface area contributed by atoms with Gasteiger partial charge >= 0.3 is 0 Å². The molecule has 3 nitrogen and oxygen atoms in total. The van der Waals surface area contributed by atoms with Crippen LogP contribution in [0.3, 0.4) is 0 Å². The standard InChI is InChI=1S/C15H30N2O/c1-12-10-15(11-13(2)18-12)17-8-5-14(6-9-17)4-7-16-3/h12-16H,4-11H2,1-3H3. The summed E-state index contributed by atoms with van der Waals surface area (Å²) in [5.74, 6) is 0.948. The molecule has 0 amide bonds. The first-order chi connectivity index (χ1) is 8.69.